The molecule has 0 unspecified atom stereocenters. The van der Waals surface area contributed by atoms with Crippen LogP contribution in [-0.2, 0) is 0 Å². The van der Waals surface area contributed by atoms with Crippen molar-refractivity contribution < 1.29 is 13.6 Å². The Morgan fingerprint density at radius 2 is 1.79 bits per heavy atom. The first kappa shape index (κ1) is 17.9. The van der Waals surface area contributed by atoms with Crippen LogP contribution in [0.5, 0.6) is 0 Å². The third-order valence-corrected chi connectivity index (χ3v) is 5.47. The van der Waals surface area contributed by atoms with Gasteiger partial charge in [-0.15, -0.1) is 0 Å². The van der Waals surface area contributed by atoms with Gasteiger partial charge in [-0.3, -0.25) is 4.79 Å². The van der Waals surface area contributed by atoms with Crippen molar-refractivity contribution in [3.8, 4) is 0 Å². The van der Waals surface area contributed by atoms with Crippen molar-refractivity contribution >= 4 is 45.2 Å². The zero-order chi connectivity index (χ0) is 20.0. The van der Waals surface area contributed by atoms with Crippen LogP contribution in [0.1, 0.15) is 10.6 Å². The van der Waals surface area contributed by atoms with E-state index < -0.39 is 0 Å². The van der Waals surface area contributed by atoms with Crippen LogP contribution in [0.3, 0.4) is 0 Å². The summed E-state index contributed by atoms with van der Waals surface area (Å²) in [6.07, 6.45) is 0. The van der Waals surface area contributed by atoms with Gasteiger partial charge in [0.25, 0.3) is 5.91 Å². The summed E-state index contributed by atoms with van der Waals surface area (Å²) in [5.74, 6) is -0.172. The third kappa shape index (κ3) is 3.29. The molecule has 5 rings (SSSR count). The molecule has 1 fully saturated rings. The molecule has 146 valence electrons. The van der Waals surface area contributed by atoms with Crippen LogP contribution >= 0.6 is 11.6 Å². The summed E-state index contributed by atoms with van der Waals surface area (Å²) in [5.41, 5.74) is 1.70. The summed E-state index contributed by atoms with van der Waals surface area (Å²) < 4.78 is 19.7. The van der Waals surface area contributed by atoms with Crippen molar-refractivity contribution in [1.29, 1.82) is 0 Å². The molecular weight excluding hydrogens is 393 g/mol. The first-order valence-corrected chi connectivity index (χ1v) is 9.75. The van der Waals surface area contributed by atoms with E-state index in [4.69, 9.17) is 16.0 Å². The molecule has 1 amide bonds. The van der Waals surface area contributed by atoms with Gasteiger partial charge < -0.3 is 14.2 Å². The van der Waals surface area contributed by atoms with Gasteiger partial charge in [0, 0.05) is 42.0 Å². The van der Waals surface area contributed by atoms with Gasteiger partial charge in [0.2, 0.25) is 5.71 Å². The smallest absolute Gasteiger partial charge is 0.289 e. The fraction of sp³-hybridized carbons (Fsp3) is 0.182. The van der Waals surface area contributed by atoms with Crippen LogP contribution < -0.4 is 4.90 Å². The number of amides is 1. The number of piperazine rings is 1. The molecule has 2 aromatic heterocycles. The lowest BCUT2D eigenvalue weighted by atomic mass is 10.2. The van der Waals surface area contributed by atoms with Crippen LogP contribution in [0.25, 0.3) is 22.0 Å². The van der Waals surface area contributed by atoms with Crippen LogP contribution in [0.4, 0.5) is 10.1 Å². The molecule has 1 saturated heterocycles. The van der Waals surface area contributed by atoms with Crippen molar-refractivity contribution in [2.24, 2.45) is 0 Å². The van der Waals surface area contributed by atoms with Gasteiger partial charge in [-0.2, -0.15) is 0 Å². The second-order valence-electron chi connectivity index (χ2n) is 7.06. The molecule has 7 heteroatoms. The lowest BCUT2D eigenvalue weighted by molar-refractivity contribution is 0.0716. The van der Waals surface area contributed by atoms with Crippen molar-refractivity contribution in [2.45, 2.75) is 0 Å². The van der Waals surface area contributed by atoms with Crippen molar-refractivity contribution in [3.63, 3.8) is 0 Å². The van der Waals surface area contributed by atoms with Gasteiger partial charge in [-0.25, -0.2) is 9.37 Å². The predicted octanol–water partition coefficient (Wildman–Crippen LogP) is 4.74. The van der Waals surface area contributed by atoms with Gasteiger partial charge in [-0.05, 0) is 36.4 Å². The molecule has 3 heterocycles. The van der Waals surface area contributed by atoms with Gasteiger partial charge in [0.05, 0.1) is 11.2 Å². The van der Waals surface area contributed by atoms with Crippen LogP contribution in [0.15, 0.2) is 59.0 Å². The number of pyridine rings is 1. The average molecular weight is 410 g/mol. The number of hydrogen-bond acceptors (Lipinski definition) is 4. The molecule has 29 heavy (non-hydrogen) atoms. The van der Waals surface area contributed by atoms with E-state index in [1.807, 2.05) is 23.1 Å². The van der Waals surface area contributed by atoms with Crippen LogP contribution in [-0.4, -0.2) is 42.0 Å². The topological polar surface area (TPSA) is 49.6 Å². The first-order chi connectivity index (χ1) is 14.1. The highest BCUT2D eigenvalue weighted by Crippen LogP contribution is 2.26. The molecular formula is C22H17ClFN3O2. The number of aromatic nitrogens is 1. The summed E-state index contributed by atoms with van der Waals surface area (Å²) in [6, 6.07) is 15.8. The lowest BCUT2D eigenvalue weighted by Gasteiger charge is -2.35. The lowest BCUT2D eigenvalue weighted by Crippen LogP contribution is -2.49. The molecule has 1 aliphatic heterocycles. The molecule has 0 aliphatic carbocycles. The number of rotatable bonds is 2. The predicted molar refractivity (Wildman–Crippen MR) is 111 cm³/mol. The fourth-order valence-corrected chi connectivity index (χ4v) is 3.89. The monoisotopic (exact) mass is 409 g/mol. The minimum absolute atomic E-state index is 0.182. The Kier molecular flexibility index (Phi) is 4.36. The molecule has 0 spiro atoms. The summed E-state index contributed by atoms with van der Waals surface area (Å²) in [6.45, 7) is 2.12. The molecule has 1 aliphatic rings. The maximum Gasteiger partial charge on any atom is 0.289 e. The van der Waals surface area contributed by atoms with E-state index in [9.17, 15) is 9.18 Å². The Hall–Kier alpha value is -3.12. The minimum atomic E-state index is -0.247. The van der Waals surface area contributed by atoms with Gasteiger partial charge >= 0.3 is 0 Å². The Labute approximate surface area is 171 Å². The summed E-state index contributed by atoms with van der Waals surface area (Å²) in [5, 5.41) is 2.30. The third-order valence-electron chi connectivity index (χ3n) is 5.24. The highest BCUT2D eigenvalue weighted by molar-refractivity contribution is 6.31. The molecule has 2 aromatic carbocycles. The second kappa shape index (κ2) is 7.04. The highest BCUT2D eigenvalue weighted by Gasteiger charge is 2.26. The molecule has 0 N–H and O–H groups in total. The SMILES string of the molecule is O=C(c1cc2cc3ccc(Cl)cc3nc2o1)N1CCN(c2ccccc2F)CC1. The van der Waals surface area contributed by atoms with Crippen LogP contribution in [0, 0.1) is 5.82 Å². The van der Waals surface area contributed by atoms with E-state index in [1.165, 1.54) is 6.07 Å². The maximum atomic E-state index is 14.0. The number of carbonyl (C=O) groups excluding carboxylic acids is 1. The van der Waals surface area contributed by atoms with Crippen molar-refractivity contribution in [1.82, 2.24) is 9.88 Å². The normalized spacial score (nSPS) is 14.7. The first-order valence-electron chi connectivity index (χ1n) is 9.37. The van der Waals surface area contributed by atoms with Crippen molar-refractivity contribution in [2.75, 3.05) is 31.1 Å². The number of anilines is 1. The number of hydrogen-bond donors (Lipinski definition) is 0. The van der Waals surface area contributed by atoms with Crippen LogP contribution in [0.2, 0.25) is 5.02 Å². The van der Waals surface area contributed by atoms with E-state index in [0.29, 0.717) is 42.6 Å². The molecule has 5 nitrogen and oxygen atoms in total. The molecule has 0 bridgehead atoms. The zero-order valence-corrected chi connectivity index (χ0v) is 16.2. The number of fused-ring (bicyclic) bond motifs is 2. The summed E-state index contributed by atoms with van der Waals surface area (Å²) >= 11 is 6.03. The quantitative estimate of drug-likeness (QED) is 0.480. The number of halogens is 2. The van der Waals surface area contributed by atoms with E-state index >= 15 is 0 Å². The van der Waals surface area contributed by atoms with E-state index in [1.54, 1.807) is 35.2 Å². The summed E-state index contributed by atoms with van der Waals surface area (Å²) in [4.78, 5) is 21.1. The van der Waals surface area contributed by atoms with Gasteiger partial charge in [-0.1, -0.05) is 29.8 Å². The number of nitrogens with zero attached hydrogens (tertiary/aromatic N) is 3. The summed E-state index contributed by atoms with van der Waals surface area (Å²) in [7, 11) is 0. The fourth-order valence-electron chi connectivity index (χ4n) is 3.72. The number of furan rings is 1. The Morgan fingerprint density at radius 1 is 1.00 bits per heavy atom. The van der Waals surface area contributed by atoms with E-state index in [2.05, 4.69) is 4.98 Å². The number of carbonyl (C=O) groups is 1. The average Bonchev–Trinajstić information content (AvgIpc) is 3.15. The largest absolute Gasteiger partial charge is 0.433 e. The number of para-hydroxylation sites is 1. The zero-order valence-electron chi connectivity index (χ0n) is 15.4. The Balaban J connectivity index is 1.36. The molecule has 4 aromatic rings. The molecule has 0 atom stereocenters. The maximum absolute atomic E-state index is 14.0. The second-order valence-corrected chi connectivity index (χ2v) is 7.50. The minimum Gasteiger partial charge on any atom is -0.433 e. The Bertz CT molecular complexity index is 1230. The van der Waals surface area contributed by atoms with Crippen molar-refractivity contribution in [3.05, 3.63) is 71.2 Å². The van der Waals surface area contributed by atoms with E-state index in [0.717, 1.165) is 16.3 Å². The molecule has 0 radical (unpaired) electrons. The highest BCUT2D eigenvalue weighted by atomic mass is 35.5. The Morgan fingerprint density at radius 3 is 2.59 bits per heavy atom. The van der Waals surface area contributed by atoms with Gasteiger partial charge in [0.1, 0.15) is 5.82 Å². The van der Waals surface area contributed by atoms with Gasteiger partial charge in [0.15, 0.2) is 5.76 Å². The number of benzene rings is 2. The van der Waals surface area contributed by atoms with E-state index in [-0.39, 0.29) is 17.5 Å². The molecule has 0 saturated carbocycles. The standard InChI is InChI=1S/C22H17ClFN3O2/c23-16-6-5-14-11-15-12-20(29-21(15)25-18(14)13-16)22(28)27-9-7-26(8-10-27)19-4-2-1-3-17(19)24/h1-6,11-13H,7-10H2.